The number of halogens is 2. The molecule has 66 valence electrons. The van der Waals surface area contributed by atoms with E-state index in [1.54, 1.807) is 13.2 Å². The highest BCUT2D eigenvalue weighted by Crippen LogP contribution is 2.27. The zero-order valence-corrected chi connectivity index (χ0v) is 9.52. The van der Waals surface area contributed by atoms with E-state index in [1.807, 2.05) is 6.07 Å². The van der Waals surface area contributed by atoms with Gasteiger partial charge in [0.2, 0.25) is 0 Å². The maximum absolute atomic E-state index is 5.89. The van der Waals surface area contributed by atoms with E-state index in [-0.39, 0.29) is 0 Å². The quantitative estimate of drug-likeness (QED) is 0.851. The van der Waals surface area contributed by atoms with Gasteiger partial charge in [0, 0.05) is 21.7 Å². The third kappa shape index (κ3) is 2.02. The first-order chi connectivity index (χ1) is 5.69. The zero-order chi connectivity index (χ0) is 9.14. The fourth-order valence-electron chi connectivity index (χ4n) is 0.919. The van der Waals surface area contributed by atoms with Crippen LogP contribution in [-0.2, 0) is 6.54 Å². The predicted octanol–water partition coefficient (Wildman–Crippen LogP) is 2.41. The van der Waals surface area contributed by atoms with Crippen LogP contribution in [0.1, 0.15) is 5.56 Å². The van der Waals surface area contributed by atoms with Crippen LogP contribution in [0.5, 0.6) is 5.75 Å². The van der Waals surface area contributed by atoms with E-state index in [2.05, 4.69) is 22.6 Å². The minimum Gasteiger partial charge on any atom is -0.496 e. The van der Waals surface area contributed by atoms with Gasteiger partial charge in [0.25, 0.3) is 0 Å². The molecule has 2 nitrogen and oxygen atoms in total. The van der Waals surface area contributed by atoms with E-state index in [4.69, 9.17) is 22.1 Å². The van der Waals surface area contributed by atoms with Crippen molar-refractivity contribution in [2.24, 2.45) is 5.73 Å². The van der Waals surface area contributed by atoms with E-state index in [0.29, 0.717) is 11.6 Å². The largest absolute Gasteiger partial charge is 0.496 e. The summed E-state index contributed by atoms with van der Waals surface area (Å²) in [6.45, 7) is 0.469. The normalized spacial score (nSPS) is 10.0. The van der Waals surface area contributed by atoms with Gasteiger partial charge in [0.1, 0.15) is 5.75 Å². The van der Waals surface area contributed by atoms with Crippen LogP contribution < -0.4 is 10.5 Å². The van der Waals surface area contributed by atoms with Crippen LogP contribution >= 0.6 is 34.2 Å². The van der Waals surface area contributed by atoms with E-state index in [1.165, 1.54) is 0 Å². The summed E-state index contributed by atoms with van der Waals surface area (Å²) in [5.74, 6) is 0.753. The fourth-order valence-corrected chi connectivity index (χ4v) is 1.60. The van der Waals surface area contributed by atoms with Crippen LogP contribution in [-0.4, -0.2) is 7.11 Å². The summed E-state index contributed by atoms with van der Waals surface area (Å²) < 4.78 is 6.10. The molecule has 1 aromatic carbocycles. The first-order valence-corrected chi connectivity index (χ1v) is 4.86. The number of rotatable bonds is 2. The summed E-state index contributed by atoms with van der Waals surface area (Å²) in [6.07, 6.45) is 0. The van der Waals surface area contributed by atoms with Gasteiger partial charge in [-0.05, 0) is 28.7 Å². The minimum absolute atomic E-state index is 0.469. The molecule has 0 atom stereocenters. The van der Waals surface area contributed by atoms with Crippen molar-refractivity contribution in [3.8, 4) is 5.75 Å². The molecular weight excluding hydrogens is 288 g/mol. The van der Waals surface area contributed by atoms with E-state index in [9.17, 15) is 0 Å². The van der Waals surface area contributed by atoms with Crippen LogP contribution in [0.2, 0.25) is 5.02 Å². The lowest BCUT2D eigenvalue weighted by Crippen LogP contribution is -2.00. The van der Waals surface area contributed by atoms with Crippen molar-refractivity contribution in [3.63, 3.8) is 0 Å². The van der Waals surface area contributed by atoms with Gasteiger partial charge in [-0.15, -0.1) is 0 Å². The second kappa shape index (κ2) is 4.30. The third-order valence-corrected chi connectivity index (χ3v) is 3.07. The van der Waals surface area contributed by atoms with Crippen LogP contribution in [0.15, 0.2) is 12.1 Å². The summed E-state index contributed by atoms with van der Waals surface area (Å²) in [5, 5.41) is 0.699. The molecule has 0 spiro atoms. The highest BCUT2D eigenvalue weighted by molar-refractivity contribution is 14.1. The molecule has 1 aromatic rings. The molecule has 0 amide bonds. The van der Waals surface area contributed by atoms with Gasteiger partial charge in [-0.1, -0.05) is 11.6 Å². The average Bonchev–Trinajstić information content (AvgIpc) is 2.09. The number of benzene rings is 1. The Morgan fingerprint density at radius 2 is 2.25 bits per heavy atom. The topological polar surface area (TPSA) is 35.2 Å². The minimum atomic E-state index is 0.469. The number of hydrogen-bond acceptors (Lipinski definition) is 2. The molecule has 0 aromatic heterocycles. The Labute approximate surface area is 90.2 Å². The van der Waals surface area contributed by atoms with Crippen LogP contribution in [0, 0.1) is 3.57 Å². The summed E-state index contributed by atoms with van der Waals surface area (Å²) in [4.78, 5) is 0. The SMILES string of the molecule is COc1cc(Cl)c(I)cc1CN. The Morgan fingerprint density at radius 1 is 1.58 bits per heavy atom. The summed E-state index contributed by atoms with van der Waals surface area (Å²) in [5.41, 5.74) is 6.50. The van der Waals surface area contributed by atoms with Crippen LogP contribution in [0.3, 0.4) is 0 Å². The Morgan fingerprint density at radius 3 is 2.75 bits per heavy atom. The van der Waals surface area contributed by atoms with Crippen LogP contribution in [0.25, 0.3) is 0 Å². The number of hydrogen-bond donors (Lipinski definition) is 1. The second-order valence-electron chi connectivity index (χ2n) is 2.28. The Hall–Kier alpha value is -0.000000000000000132. The number of nitrogens with two attached hydrogens (primary N) is 1. The Bertz CT molecular complexity index is 262. The first-order valence-electron chi connectivity index (χ1n) is 3.41. The molecule has 0 fully saturated rings. The molecule has 0 saturated carbocycles. The molecule has 4 heteroatoms. The monoisotopic (exact) mass is 297 g/mol. The molecular formula is C8H9ClINO. The summed E-state index contributed by atoms with van der Waals surface area (Å²) in [7, 11) is 1.61. The Kier molecular flexibility index (Phi) is 3.61. The van der Waals surface area contributed by atoms with Gasteiger partial charge in [0.15, 0.2) is 0 Å². The molecule has 0 heterocycles. The van der Waals surface area contributed by atoms with Crippen molar-refractivity contribution < 1.29 is 4.74 Å². The van der Waals surface area contributed by atoms with Gasteiger partial charge >= 0.3 is 0 Å². The van der Waals surface area contributed by atoms with Crippen molar-refractivity contribution in [2.45, 2.75) is 6.54 Å². The highest BCUT2D eigenvalue weighted by atomic mass is 127. The second-order valence-corrected chi connectivity index (χ2v) is 3.85. The van der Waals surface area contributed by atoms with Gasteiger partial charge < -0.3 is 10.5 Å². The predicted molar refractivity (Wildman–Crippen MR) is 58.6 cm³/mol. The molecule has 2 N–H and O–H groups in total. The van der Waals surface area contributed by atoms with Crippen molar-refractivity contribution in [2.75, 3.05) is 7.11 Å². The lowest BCUT2D eigenvalue weighted by molar-refractivity contribution is 0.410. The lowest BCUT2D eigenvalue weighted by atomic mass is 10.2. The molecule has 0 aliphatic rings. The summed E-state index contributed by atoms with van der Waals surface area (Å²) in [6, 6.07) is 3.72. The average molecular weight is 298 g/mol. The smallest absolute Gasteiger partial charge is 0.124 e. The molecule has 0 unspecified atom stereocenters. The zero-order valence-electron chi connectivity index (χ0n) is 6.60. The fraction of sp³-hybridized carbons (Fsp3) is 0.250. The molecule has 0 saturated heterocycles. The van der Waals surface area contributed by atoms with Gasteiger partial charge in [-0.25, -0.2) is 0 Å². The van der Waals surface area contributed by atoms with Crippen molar-refractivity contribution >= 4 is 34.2 Å². The van der Waals surface area contributed by atoms with Crippen molar-refractivity contribution in [1.29, 1.82) is 0 Å². The highest BCUT2D eigenvalue weighted by Gasteiger charge is 2.05. The molecule has 0 aliphatic heterocycles. The molecule has 1 rings (SSSR count). The van der Waals surface area contributed by atoms with E-state index < -0.39 is 0 Å². The van der Waals surface area contributed by atoms with Crippen molar-refractivity contribution in [1.82, 2.24) is 0 Å². The molecule has 12 heavy (non-hydrogen) atoms. The number of ether oxygens (including phenoxy) is 1. The molecule has 0 bridgehead atoms. The van der Waals surface area contributed by atoms with E-state index in [0.717, 1.165) is 14.9 Å². The van der Waals surface area contributed by atoms with Gasteiger partial charge in [0.05, 0.1) is 12.1 Å². The summed E-state index contributed by atoms with van der Waals surface area (Å²) >= 11 is 8.06. The Balaban J connectivity index is 3.19. The van der Waals surface area contributed by atoms with E-state index >= 15 is 0 Å². The third-order valence-electron chi connectivity index (χ3n) is 1.54. The number of methoxy groups -OCH3 is 1. The standard InChI is InChI=1S/C8H9ClINO/c1-12-8-3-6(9)7(10)2-5(8)4-11/h2-3H,4,11H2,1H3. The maximum atomic E-state index is 5.89. The van der Waals surface area contributed by atoms with Gasteiger partial charge in [-0.3, -0.25) is 0 Å². The molecule has 0 aliphatic carbocycles. The maximum Gasteiger partial charge on any atom is 0.124 e. The first kappa shape index (κ1) is 10.1. The van der Waals surface area contributed by atoms with Crippen molar-refractivity contribution in [3.05, 3.63) is 26.3 Å². The lowest BCUT2D eigenvalue weighted by Gasteiger charge is -2.07. The molecule has 0 radical (unpaired) electrons. The van der Waals surface area contributed by atoms with Gasteiger partial charge in [-0.2, -0.15) is 0 Å². The van der Waals surface area contributed by atoms with Crippen LogP contribution in [0.4, 0.5) is 0 Å².